The summed E-state index contributed by atoms with van der Waals surface area (Å²) in [5, 5.41) is 41.0. The van der Waals surface area contributed by atoms with Crippen molar-refractivity contribution in [1.29, 1.82) is 0 Å². The van der Waals surface area contributed by atoms with Crippen molar-refractivity contribution in [2.75, 3.05) is 6.61 Å². The van der Waals surface area contributed by atoms with Crippen molar-refractivity contribution in [3.63, 3.8) is 0 Å². The van der Waals surface area contributed by atoms with Gasteiger partial charge >= 0.3 is 0 Å². The van der Waals surface area contributed by atoms with Crippen LogP contribution in [0.5, 0.6) is 40.2 Å². The van der Waals surface area contributed by atoms with Crippen molar-refractivity contribution in [2.45, 2.75) is 6.92 Å². The van der Waals surface area contributed by atoms with Crippen LogP contribution in [0.15, 0.2) is 97.3 Å². The summed E-state index contributed by atoms with van der Waals surface area (Å²) in [6.45, 7) is 2.38. The molecule has 0 atom stereocenters. The molecule has 0 unspecified atom stereocenters. The highest BCUT2D eigenvalue weighted by molar-refractivity contribution is 5.90. The van der Waals surface area contributed by atoms with Crippen LogP contribution in [0.3, 0.4) is 0 Å². The van der Waals surface area contributed by atoms with E-state index in [2.05, 4.69) is 0 Å². The van der Waals surface area contributed by atoms with Crippen molar-refractivity contribution in [3.05, 3.63) is 99.3 Å². The zero-order valence-corrected chi connectivity index (χ0v) is 22.0. The lowest BCUT2D eigenvalue weighted by Crippen LogP contribution is -2.02. The lowest BCUT2D eigenvalue weighted by Gasteiger charge is -2.12. The first-order valence-corrected chi connectivity index (χ1v) is 12.8. The van der Waals surface area contributed by atoms with Crippen LogP contribution < -0.4 is 20.3 Å². The molecule has 0 aliphatic heterocycles. The summed E-state index contributed by atoms with van der Waals surface area (Å²) in [5.41, 5.74) is 0.00507. The highest BCUT2D eigenvalue weighted by Gasteiger charge is 2.20. The van der Waals surface area contributed by atoms with Gasteiger partial charge in [0.1, 0.15) is 56.5 Å². The van der Waals surface area contributed by atoms with Crippen LogP contribution in [0.2, 0.25) is 0 Å². The van der Waals surface area contributed by atoms with Gasteiger partial charge in [-0.05, 0) is 55.5 Å². The van der Waals surface area contributed by atoms with Crippen molar-refractivity contribution >= 4 is 21.9 Å². The van der Waals surface area contributed by atoms with E-state index in [1.807, 2.05) is 6.92 Å². The van der Waals surface area contributed by atoms with Crippen LogP contribution in [0.4, 0.5) is 0 Å². The van der Waals surface area contributed by atoms with Crippen molar-refractivity contribution in [2.24, 2.45) is 0 Å². The van der Waals surface area contributed by atoms with Crippen molar-refractivity contribution < 1.29 is 38.7 Å². The molecule has 10 heteroatoms. The summed E-state index contributed by atoms with van der Waals surface area (Å²) in [6, 6.07) is 19.0. The molecule has 2 heterocycles. The fraction of sp³-hybridized carbons (Fsp3) is 0.0625. The lowest BCUT2D eigenvalue weighted by molar-refractivity contribution is 0.340. The molecule has 6 rings (SSSR count). The summed E-state index contributed by atoms with van der Waals surface area (Å²) in [5.74, 6) is -0.803. The summed E-state index contributed by atoms with van der Waals surface area (Å²) >= 11 is 0. The summed E-state index contributed by atoms with van der Waals surface area (Å²) < 4.78 is 22.7. The summed E-state index contributed by atoms with van der Waals surface area (Å²) in [4.78, 5) is 25.5. The van der Waals surface area contributed by atoms with Gasteiger partial charge in [-0.3, -0.25) is 9.59 Å². The minimum atomic E-state index is -0.596. The zero-order chi connectivity index (χ0) is 29.5. The third-order valence-electron chi connectivity index (χ3n) is 6.53. The summed E-state index contributed by atoms with van der Waals surface area (Å²) in [6.07, 6.45) is 0. The smallest absolute Gasteiger partial charge is 0.211 e. The molecule has 0 radical (unpaired) electrons. The van der Waals surface area contributed by atoms with Gasteiger partial charge in [-0.15, -0.1) is 0 Å². The van der Waals surface area contributed by atoms with Crippen LogP contribution in [-0.4, -0.2) is 27.0 Å². The van der Waals surface area contributed by atoms with E-state index in [-0.39, 0.29) is 50.7 Å². The molecule has 0 aliphatic rings. The van der Waals surface area contributed by atoms with E-state index in [1.165, 1.54) is 36.4 Å². The number of phenolic OH excluding ortho intramolecular Hbond substituents is 4. The molecule has 0 aliphatic carbocycles. The first-order valence-electron chi connectivity index (χ1n) is 12.8. The molecular weight excluding hydrogens is 544 g/mol. The molecule has 6 aromatic rings. The van der Waals surface area contributed by atoms with Crippen LogP contribution >= 0.6 is 0 Å². The largest absolute Gasteiger partial charge is 0.508 e. The molecule has 0 spiro atoms. The Morgan fingerprint density at radius 1 is 0.643 bits per heavy atom. The van der Waals surface area contributed by atoms with Gasteiger partial charge in [0, 0.05) is 41.5 Å². The van der Waals surface area contributed by atoms with E-state index in [4.69, 9.17) is 18.3 Å². The lowest BCUT2D eigenvalue weighted by atomic mass is 10.1. The Morgan fingerprint density at radius 3 is 1.79 bits per heavy atom. The van der Waals surface area contributed by atoms with Crippen LogP contribution in [0.1, 0.15) is 6.92 Å². The molecule has 4 aromatic carbocycles. The van der Waals surface area contributed by atoms with Gasteiger partial charge in [0.25, 0.3) is 0 Å². The Balaban J connectivity index is 1.31. The predicted octanol–water partition coefficient (Wildman–Crippen LogP) is 6.25. The molecule has 42 heavy (non-hydrogen) atoms. The first-order chi connectivity index (χ1) is 20.2. The Bertz CT molecular complexity index is 2090. The fourth-order valence-corrected chi connectivity index (χ4v) is 4.60. The van der Waals surface area contributed by atoms with Gasteiger partial charge in [0.2, 0.25) is 5.75 Å². The molecule has 2 aromatic heterocycles. The molecule has 10 nitrogen and oxygen atoms in total. The standard InChI is InChI=1S/C32H22O10/c1-2-39-19-7-3-16(4-8-19)26-14-23(36)30-28(42-26)15-24(37)32(31(30)38)40-20-9-5-17(6-10-20)25-13-22(35)29-21(34)11-18(33)12-27(29)41-25/h3-15,33-34,37-38H,2H2,1H3. The normalized spacial score (nSPS) is 11.2. The molecule has 0 fully saturated rings. The van der Waals surface area contributed by atoms with E-state index < -0.39 is 28.1 Å². The van der Waals surface area contributed by atoms with Gasteiger partial charge in [-0.1, -0.05) is 0 Å². The first kappa shape index (κ1) is 26.3. The highest BCUT2D eigenvalue weighted by atomic mass is 16.5. The topological polar surface area (TPSA) is 160 Å². The number of rotatable bonds is 6. The quantitative estimate of drug-likeness (QED) is 0.181. The van der Waals surface area contributed by atoms with E-state index in [9.17, 15) is 30.0 Å². The second kappa shape index (κ2) is 10.3. The number of phenols is 4. The number of benzene rings is 4. The Hall–Kier alpha value is -5.90. The van der Waals surface area contributed by atoms with Gasteiger partial charge in [0.05, 0.1) is 6.61 Å². The van der Waals surface area contributed by atoms with E-state index in [1.54, 1.807) is 36.4 Å². The Kier molecular flexibility index (Phi) is 6.43. The number of hydrogen-bond donors (Lipinski definition) is 4. The van der Waals surface area contributed by atoms with Gasteiger partial charge < -0.3 is 38.7 Å². The number of hydrogen-bond acceptors (Lipinski definition) is 10. The second-order valence-corrected chi connectivity index (χ2v) is 9.32. The SMILES string of the molecule is CCOc1ccc(-c2cc(=O)c3c(O)c(Oc4ccc(-c5cc(=O)c6c(O)cc(O)cc6o5)cc4)c(O)cc3o2)cc1. The highest BCUT2D eigenvalue weighted by Crippen LogP contribution is 2.44. The van der Waals surface area contributed by atoms with Crippen LogP contribution in [-0.2, 0) is 0 Å². The molecule has 0 amide bonds. The molecule has 210 valence electrons. The average molecular weight is 567 g/mol. The third-order valence-corrected chi connectivity index (χ3v) is 6.53. The van der Waals surface area contributed by atoms with Gasteiger partial charge in [-0.25, -0.2) is 0 Å². The van der Waals surface area contributed by atoms with Crippen LogP contribution in [0.25, 0.3) is 44.6 Å². The fourth-order valence-electron chi connectivity index (χ4n) is 4.60. The monoisotopic (exact) mass is 566 g/mol. The van der Waals surface area contributed by atoms with Crippen molar-refractivity contribution in [3.8, 4) is 62.9 Å². The second-order valence-electron chi connectivity index (χ2n) is 9.32. The Morgan fingerprint density at radius 2 is 1.19 bits per heavy atom. The molecule has 4 N–H and O–H groups in total. The maximum absolute atomic E-state index is 13.0. The zero-order valence-electron chi connectivity index (χ0n) is 22.0. The van der Waals surface area contributed by atoms with Crippen molar-refractivity contribution in [1.82, 2.24) is 0 Å². The van der Waals surface area contributed by atoms with E-state index in [0.29, 0.717) is 23.5 Å². The average Bonchev–Trinajstić information content (AvgIpc) is 2.95. The maximum Gasteiger partial charge on any atom is 0.211 e. The molecular formula is C32H22O10. The van der Waals surface area contributed by atoms with Gasteiger partial charge in [0.15, 0.2) is 22.4 Å². The Labute approximate surface area is 236 Å². The van der Waals surface area contributed by atoms with E-state index >= 15 is 0 Å². The molecule has 0 saturated heterocycles. The van der Waals surface area contributed by atoms with Gasteiger partial charge in [-0.2, -0.15) is 0 Å². The minimum Gasteiger partial charge on any atom is -0.508 e. The molecule has 0 saturated carbocycles. The predicted molar refractivity (Wildman–Crippen MR) is 154 cm³/mol. The maximum atomic E-state index is 13.0. The number of aromatic hydroxyl groups is 4. The third kappa shape index (κ3) is 4.71. The summed E-state index contributed by atoms with van der Waals surface area (Å²) in [7, 11) is 0. The molecule has 0 bridgehead atoms. The number of ether oxygens (including phenoxy) is 2. The number of fused-ring (bicyclic) bond motifs is 2. The minimum absolute atomic E-state index is 0.00541. The van der Waals surface area contributed by atoms with Crippen LogP contribution in [0, 0.1) is 0 Å². The van der Waals surface area contributed by atoms with E-state index in [0.717, 1.165) is 6.07 Å².